The van der Waals surface area contributed by atoms with Gasteiger partial charge >= 0.3 is 0 Å². The van der Waals surface area contributed by atoms with E-state index in [-0.39, 0.29) is 5.91 Å². The Morgan fingerprint density at radius 2 is 2.00 bits per heavy atom. The van der Waals surface area contributed by atoms with E-state index in [9.17, 15) is 4.79 Å². The molecule has 0 radical (unpaired) electrons. The summed E-state index contributed by atoms with van der Waals surface area (Å²) in [4.78, 5) is 11.8. The smallest absolute Gasteiger partial charge is 0.224 e. The highest BCUT2D eigenvalue weighted by Crippen LogP contribution is 2.18. The Labute approximate surface area is 133 Å². The van der Waals surface area contributed by atoms with Gasteiger partial charge in [0.2, 0.25) is 5.91 Å². The fraction of sp³-hybridized carbons (Fsp3) is 0.235. The highest BCUT2D eigenvalue weighted by atomic mass is 79.9. The number of nitrogens with one attached hydrogen (secondary N) is 1. The van der Waals surface area contributed by atoms with Gasteiger partial charge in [-0.3, -0.25) is 4.79 Å². The molecular weight excluding hydrogens is 330 g/mol. The van der Waals surface area contributed by atoms with E-state index in [4.69, 9.17) is 4.74 Å². The molecule has 0 unspecified atom stereocenters. The van der Waals surface area contributed by atoms with Gasteiger partial charge in [-0.15, -0.1) is 0 Å². The second kappa shape index (κ2) is 7.84. The lowest BCUT2D eigenvalue weighted by Gasteiger charge is -2.08. The Bertz CT molecular complexity index is 613. The Morgan fingerprint density at radius 3 is 2.76 bits per heavy atom. The van der Waals surface area contributed by atoms with Crippen LogP contribution in [0.4, 0.5) is 5.69 Å². The van der Waals surface area contributed by atoms with Crippen LogP contribution in [0.3, 0.4) is 0 Å². The second-order valence-electron chi connectivity index (χ2n) is 4.83. The summed E-state index contributed by atoms with van der Waals surface area (Å²) in [5.74, 6) is 0.821. The molecule has 110 valence electrons. The van der Waals surface area contributed by atoms with Crippen molar-refractivity contribution < 1.29 is 9.53 Å². The summed E-state index contributed by atoms with van der Waals surface area (Å²) in [5, 5.41) is 2.89. The van der Waals surface area contributed by atoms with Crippen molar-refractivity contribution in [2.75, 3.05) is 11.9 Å². The van der Waals surface area contributed by atoms with Crippen molar-refractivity contribution in [1.82, 2.24) is 0 Å². The van der Waals surface area contributed by atoms with Crippen LogP contribution in [0.1, 0.15) is 18.4 Å². The van der Waals surface area contributed by atoms with Crippen molar-refractivity contribution in [2.24, 2.45) is 0 Å². The lowest BCUT2D eigenvalue weighted by molar-refractivity contribution is -0.116. The van der Waals surface area contributed by atoms with Crippen LogP contribution < -0.4 is 10.1 Å². The average molecular weight is 348 g/mol. The summed E-state index contributed by atoms with van der Waals surface area (Å²) in [6, 6.07) is 15.5. The first-order valence-corrected chi connectivity index (χ1v) is 7.68. The topological polar surface area (TPSA) is 38.3 Å². The summed E-state index contributed by atoms with van der Waals surface area (Å²) < 4.78 is 6.58. The molecule has 0 heterocycles. The van der Waals surface area contributed by atoms with Crippen LogP contribution >= 0.6 is 15.9 Å². The molecule has 0 aromatic heterocycles. The number of ether oxygens (including phenoxy) is 1. The molecule has 4 heteroatoms. The number of carbonyl (C=O) groups is 1. The first kappa shape index (κ1) is 15.6. The highest BCUT2D eigenvalue weighted by Gasteiger charge is 2.03. The normalized spacial score (nSPS) is 10.2. The molecule has 3 nitrogen and oxygen atoms in total. The van der Waals surface area contributed by atoms with E-state index in [1.165, 1.54) is 0 Å². The second-order valence-corrected chi connectivity index (χ2v) is 5.74. The van der Waals surface area contributed by atoms with Crippen LogP contribution in [-0.4, -0.2) is 12.5 Å². The molecule has 0 saturated heterocycles. The fourth-order valence-corrected chi connectivity index (χ4v) is 2.30. The minimum absolute atomic E-state index is 0.0124. The van der Waals surface area contributed by atoms with Gasteiger partial charge in [-0.25, -0.2) is 0 Å². The largest absolute Gasteiger partial charge is 0.494 e. The van der Waals surface area contributed by atoms with E-state index >= 15 is 0 Å². The van der Waals surface area contributed by atoms with Gasteiger partial charge in [0.05, 0.1) is 6.61 Å². The number of aryl methyl sites for hydroxylation is 1. The summed E-state index contributed by atoms with van der Waals surface area (Å²) in [7, 11) is 0. The van der Waals surface area contributed by atoms with Crippen LogP contribution in [0.5, 0.6) is 5.75 Å². The number of hydrogen-bond acceptors (Lipinski definition) is 2. The molecule has 2 rings (SSSR count). The first-order chi connectivity index (χ1) is 10.1. The fourth-order valence-electron chi connectivity index (χ4n) is 1.93. The van der Waals surface area contributed by atoms with Crippen molar-refractivity contribution in [3.8, 4) is 5.75 Å². The summed E-state index contributed by atoms with van der Waals surface area (Å²) in [5.41, 5.74) is 1.97. The summed E-state index contributed by atoms with van der Waals surface area (Å²) in [6.07, 6.45) is 1.13. The van der Waals surface area contributed by atoms with Crippen LogP contribution in [0.25, 0.3) is 0 Å². The van der Waals surface area contributed by atoms with Crippen molar-refractivity contribution in [3.63, 3.8) is 0 Å². The molecule has 0 atom stereocenters. The molecule has 21 heavy (non-hydrogen) atoms. The molecule has 0 saturated carbocycles. The number of hydrogen-bond donors (Lipinski definition) is 1. The summed E-state index contributed by atoms with van der Waals surface area (Å²) in [6.45, 7) is 2.53. The molecular formula is C17H18BrNO2. The van der Waals surface area contributed by atoms with Crippen molar-refractivity contribution in [3.05, 3.63) is 58.6 Å². The maximum absolute atomic E-state index is 11.8. The first-order valence-electron chi connectivity index (χ1n) is 6.88. The SMILES string of the molecule is Cc1cccc(NC(=O)CCCOc2cccc(Br)c2)c1. The minimum Gasteiger partial charge on any atom is -0.494 e. The number of halogens is 1. The van der Waals surface area contributed by atoms with Gasteiger partial charge in [0.15, 0.2) is 0 Å². The van der Waals surface area contributed by atoms with Crippen LogP contribution in [0.15, 0.2) is 53.0 Å². The molecule has 0 spiro atoms. The van der Waals surface area contributed by atoms with Crippen molar-refractivity contribution in [1.29, 1.82) is 0 Å². The molecule has 1 N–H and O–H groups in total. The Kier molecular flexibility index (Phi) is 5.81. The number of rotatable bonds is 6. The van der Waals surface area contributed by atoms with Crippen molar-refractivity contribution >= 4 is 27.5 Å². The van der Waals surface area contributed by atoms with E-state index in [2.05, 4.69) is 21.2 Å². The predicted octanol–water partition coefficient (Wildman–Crippen LogP) is 4.56. The number of benzene rings is 2. The number of amides is 1. The van der Waals surface area contributed by atoms with Gasteiger partial charge < -0.3 is 10.1 Å². The van der Waals surface area contributed by atoms with E-state index in [0.29, 0.717) is 19.4 Å². The predicted molar refractivity (Wildman–Crippen MR) is 88.7 cm³/mol. The zero-order chi connectivity index (χ0) is 15.1. The van der Waals surface area contributed by atoms with Gasteiger partial charge in [-0.05, 0) is 49.2 Å². The molecule has 2 aromatic carbocycles. The Hall–Kier alpha value is -1.81. The van der Waals surface area contributed by atoms with Crippen LogP contribution in [0.2, 0.25) is 0 Å². The van der Waals surface area contributed by atoms with Gasteiger partial charge in [0, 0.05) is 16.6 Å². The molecule has 0 fully saturated rings. The highest BCUT2D eigenvalue weighted by molar-refractivity contribution is 9.10. The van der Waals surface area contributed by atoms with Gasteiger partial charge in [0.25, 0.3) is 0 Å². The Morgan fingerprint density at radius 1 is 1.19 bits per heavy atom. The number of anilines is 1. The summed E-state index contributed by atoms with van der Waals surface area (Å²) >= 11 is 3.39. The van der Waals surface area contributed by atoms with Gasteiger partial charge in [-0.2, -0.15) is 0 Å². The van der Waals surface area contributed by atoms with E-state index < -0.39 is 0 Å². The standard InChI is InChI=1S/C17H18BrNO2/c1-13-5-2-7-15(11-13)19-17(20)9-4-10-21-16-8-3-6-14(18)12-16/h2-3,5-8,11-12H,4,9-10H2,1H3,(H,19,20). The molecule has 0 bridgehead atoms. The lowest BCUT2D eigenvalue weighted by atomic mass is 10.2. The maximum atomic E-state index is 11.8. The molecule has 2 aromatic rings. The molecule has 0 aliphatic heterocycles. The zero-order valence-corrected chi connectivity index (χ0v) is 13.5. The maximum Gasteiger partial charge on any atom is 0.224 e. The van der Waals surface area contributed by atoms with Crippen molar-refractivity contribution in [2.45, 2.75) is 19.8 Å². The average Bonchev–Trinajstić information content (AvgIpc) is 2.44. The minimum atomic E-state index is 0.0124. The van der Waals surface area contributed by atoms with Gasteiger partial charge in [-0.1, -0.05) is 34.1 Å². The Balaban J connectivity index is 1.70. The molecule has 0 aliphatic carbocycles. The third-order valence-corrected chi connectivity index (χ3v) is 3.41. The molecule has 0 aliphatic rings. The lowest BCUT2D eigenvalue weighted by Crippen LogP contribution is -2.12. The van der Waals surface area contributed by atoms with Gasteiger partial charge in [0.1, 0.15) is 5.75 Å². The van der Waals surface area contributed by atoms with E-state index in [1.807, 2.05) is 55.5 Å². The van der Waals surface area contributed by atoms with E-state index in [0.717, 1.165) is 21.5 Å². The third kappa shape index (κ3) is 5.60. The quantitative estimate of drug-likeness (QED) is 0.778. The van der Waals surface area contributed by atoms with E-state index in [1.54, 1.807) is 0 Å². The van der Waals surface area contributed by atoms with Crippen LogP contribution in [-0.2, 0) is 4.79 Å². The monoisotopic (exact) mass is 347 g/mol. The third-order valence-electron chi connectivity index (χ3n) is 2.91. The zero-order valence-electron chi connectivity index (χ0n) is 11.9. The van der Waals surface area contributed by atoms with Crippen LogP contribution in [0, 0.1) is 6.92 Å². The molecule has 1 amide bonds. The number of carbonyl (C=O) groups excluding carboxylic acids is 1.